The number of nitriles is 1. The zero-order valence-electron chi connectivity index (χ0n) is 11.1. The summed E-state index contributed by atoms with van der Waals surface area (Å²) in [6.07, 6.45) is 4.20. The van der Waals surface area contributed by atoms with Crippen LogP contribution in [-0.4, -0.2) is 23.8 Å². The lowest BCUT2D eigenvalue weighted by Gasteiger charge is -2.33. The van der Waals surface area contributed by atoms with Gasteiger partial charge in [0.25, 0.3) is 0 Å². The molecule has 0 heterocycles. The number of hydrogen-bond acceptors (Lipinski definition) is 3. The van der Waals surface area contributed by atoms with Gasteiger partial charge in [0, 0.05) is 6.54 Å². The first-order valence-electron chi connectivity index (χ1n) is 7.14. The Hall–Kier alpha value is -1.37. The fourth-order valence-corrected chi connectivity index (χ4v) is 3.98. The minimum absolute atomic E-state index is 0.0931. The van der Waals surface area contributed by atoms with Crippen LogP contribution in [0.4, 0.5) is 0 Å². The second kappa shape index (κ2) is 4.96. The van der Waals surface area contributed by atoms with Gasteiger partial charge < -0.3 is 5.11 Å². The maximum atomic E-state index is 9.76. The number of nitrogens with one attached hydrogen (secondary N) is 1. The van der Waals surface area contributed by atoms with Crippen LogP contribution in [0, 0.1) is 23.2 Å². The molecule has 0 radical (unpaired) electrons. The van der Waals surface area contributed by atoms with Crippen LogP contribution in [0.3, 0.4) is 0 Å². The summed E-state index contributed by atoms with van der Waals surface area (Å²) in [4.78, 5) is 0. The Morgan fingerprint density at radius 2 is 1.79 bits per heavy atom. The number of benzene rings is 1. The van der Waals surface area contributed by atoms with E-state index in [-0.39, 0.29) is 6.61 Å². The van der Waals surface area contributed by atoms with Crippen molar-refractivity contribution in [3.05, 3.63) is 35.4 Å². The first-order chi connectivity index (χ1) is 9.30. The van der Waals surface area contributed by atoms with Crippen molar-refractivity contribution < 1.29 is 5.11 Å². The van der Waals surface area contributed by atoms with Gasteiger partial charge in [0.2, 0.25) is 0 Å². The minimum atomic E-state index is -0.443. The molecule has 2 unspecified atom stereocenters. The Kier molecular flexibility index (Phi) is 3.30. The molecule has 3 heteroatoms. The van der Waals surface area contributed by atoms with E-state index < -0.39 is 5.54 Å². The molecule has 1 aromatic rings. The Morgan fingerprint density at radius 1 is 1.21 bits per heavy atom. The fraction of sp³-hybridized carbons (Fsp3) is 0.562. The molecule has 3 rings (SSSR count). The summed E-state index contributed by atoms with van der Waals surface area (Å²) in [6.45, 7) is 0.604. The third kappa shape index (κ3) is 1.96. The van der Waals surface area contributed by atoms with E-state index in [4.69, 9.17) is 5.11 Å². The quantitative estimate of drug-likeness (QED) is 0.864. The van der Waals surface area contributed by atoms with Crippen molar-refractivity contribution in [1.29, 1.82) is 5.26 Å². The molecule has 0 saturated heterocycles. The minimum Gasteiger partial charge on any atom is -0.395 e. The van der Waals surface area contributed by atoms with Crippen LogP contribution >= 0.6 is 0 Å². The molecule has 2 aliphatic carbocycles. The Balaban J connectivity index is 1.96. The lowest BCUT2D eigenvalue weighted by Crippen LogP contribution is -2.53. The zero-order valence-corrected chi connectivity index (χ0v) is 11.1. The van der Waals surface area contributed by atoms with Crippen molar-refractivity contribution in [2.75, 3.05) is 13.2 Å². The molecule has 1 saturated carbocycles. The summed E-state index contributed by atoms with van der Waals surface area (Å²) in [5, 5.41) is 22.2. The van der Waals surface area contributed by atoms with E-state index in [1.54, 1.807) is 0 Å². The first kappa shape index (κ1) is 12.7. The van der Waals surface area contributed by atoms with Crippen LogP contribution in [0.2, 0.25) is 0 Å². The molecule has 100 valence electrons. The molecule has 1 fully saturated rings. The summed E-state index contributed by atoms with van der Waals surface area (Å²) in [6, 6.07) is 11.1. The van der Waals surface area contributed by atoms with E-state index in [0.717, 1.165) is 25.7 Å². The van der Waals surface area contributed by atoms with Crippen molar-refractivity contribution in [3.63, 3.8) is 0 Å². The van der Waals surface area contributed by atoms with Gasteiger partial charge in [-0.3, -0.25) is 5.32 Å². The fourth-order valence-electron chi connectivity index (χ4n) is 3.98. The summed E-state index contributed by atoms with van der Waals surface area (Å²) in [5.41, 5.74) is 2.36. The zero-order chi connectivity index (χ0) is 13.3. The van der Waals surface area contributed by atoms with Gasteiger partial charge in [-0.25, -0.2) is 0 Å². The SMILES string of the molecule is N#CC1(NCCO)C2CCC1Cc1ccccc1C2. The molecule has 2 bridgehead atoms. The second-order valence-electron chi connectivity index (χ2n) is 5.78. The highest BCUT2D eigenvalue weighted by molar-refractivity contribution is 5.34. The Labute approximate surface area is 114 Å². The third-order valence-corrected chi connectivity index (χ3v) is 4.92. The molecule has 0 aromatic heterocycles. The number of aliphatic hydroxyl groups excluding tert-OH is 1. The summed E-state index contributed by atoms with van der Waals surface area (Å²) in [5.74, 6) is 0.746. The average Bonchev–Trinajstić information content (AvgIpc) is 2.68. The topological polar surface area (TPSA) is 56.0 Å². The third-order valence-electron chi connectivity index (χ3n) is 4.92. The molecule has 1 aromatic carbocycles. The van der Waals surface area contributed by atoms with Gasteiger partial charge in [-0.05, 0) is 48.6 Å². The molecule has 3 nitrogen and oxygen atoms in total. The Morgan fingerprint density at radius 3 is 2.26 bits per heavy atom. The maximum Gasteiger partial charge on any atom is 0.113 e. The number of rotatable bonds is 3. The van der Waals surface area contributed by atoms with E-state index in [2.05, 4.69) is 35.7 Å². The number of fused-ring (bicyclic) bond motifs is 3. The predicted molar refractivity (Wildman–Crippen MR) is 73.5 cm³/mol. The lowest BCUT2D eigenvalue weighted by molar-refractivity contribution is 0.220. The van der Waals surface area contributed by atoms with E-state index in [0.29, 0.717) is 18.4 Å². The smallest absolute Gasteiger partial charge is 0.113 e. The summed E-state index contributed by atoms with van der Waals surface area (Å²) >= 11 is 0. The largest absolute Gasteiger partial charge is 0.395 e. The lowest BCUT2D eigenvalue weighted by atomic mass is 9.80. The van der Waals surface area contributed by atoms with E-state index >= 15 is 0 Å². The molecule has 0 amide bonds. The van der Waals surface area contributed by atoms with Crippen LogP contribution in [0.15, 0.2) is 24.3 Å². The number of aliphatic hydroxyl groups is 1. The van der Waals surface area contributed by atoms with Crippen molar-refractivity contribution in [2.45, 2.75) is 31.2 Å². The van der Waals surface area contributed by atoms with Crippen LogP contribution in [-0.2, 0) is 12.8 Å². The highest BCUT2D eigenvalue weighted by atomic mass is 16.3. The molecule has 2 aliphatic rings. The van der Waals surface area contributed by atoms with Crippen LogP contribution < -0.4 is 5.32 Å². The van der Waals surface area contributed by atoms with E-state index in [1.165, 1.54) is 11.1 Å². The van der Waals surface area contributed by atoms with Gasteiger partial charge in [0.05, 0.1) is 12.7 Å². The van der Waals surface area contributed by atoms with Crippen LogP contribution in [0.5, 0.6) is 0 Å². The number of β-amino-alcohol motifs (C(OH)–C–C–N with tert-alkyl or cyclic N) is 1. The van der Waals surface area contributed by atoms with Gasteiger partial charge in [-0.2, -0.15) is 5.26 Å². The molecular weight excluding hydrogens is 236 g/mol. The Bertz CT molecular complexity index is 473. The molecule has 0 aliphatic heterocycles. The molecule has 0 spiro atoms. The van der Waals surface area contributed by atoms with Gasteiger partial charge in [-0.1, -0.05) is 24.3 Å². The number of nitrogens with zero attached hydrogens (tertiary/aromatic N) is 1. The molecule has 19 heavy (non-hydrogen) atoms. The predicted octanol–water partition coefficient (Wildman–Crippen LogP) is 1.66. The van der Waals surface area contributed by atoms with Crippen molar-refractivity contribution >= 4 is 0 Å². The van der Waals surface area contributed by atoms with E-state index in [9.17, 15) is 5.26 Å². The molecule has 2 N–H and O–H groups in total. The normalized spacial score (nSPS) is 32.4. The molecular formula is C16H20N2O. The maximum absolute atomic E-state index is 9.76. The summed E-state index contributed by atoms with van der Waals surface area (Å²) in [7, 11) is 0. The molecule has 2 atom stereocenters. The highest BCUT2D eigenvalue weighted by Gasteiger charge is 2.51. The van der Waals surface area contributed by atoms with Crippen molar-refractivity contribution in [1.82, 2.24) is 5.32 Å². The second-order valence-corrected chi connectivity index (χ2v) is 5.78. The highest BCUT2D eigenvalue weighted by Crippen LogP contribution is 2.46. The number of hydrogen-bond donors (Lipinski definition) is 2. The summed E-state index contributed by atoms with van der Waals surface area (Å²) < 4.78 is 0. The average molecular weight is 256 g/mol. The van der Waals surface area contributed by atoms with Crippen LogP contribution in [0.25, 0.3) is 0 Å². The van der Waals surface area contributed by atoms with Crippen molar-refractivity contribution in [3.8, 4) is 6.07 Å². The van der Waals surface area contributed by atoms with Gasteiger partial charge in [0.15, 0.2) is 0 Å². The van der Waals surface area contributed by atoms with Gasteiger partial charge in [0.1, 0.15) is 5.54 Å². The van der Waals surface area contributed by atoms with Gasteiger partial charge in [-0.15, -0.1) is 0 Å². The van der Waals surface area contributed by atoms with Gasteiger partial charge >= 0.3 is 0 Å². The van der Waals surface area contributed by atoms with Crippen LogP contribution in [0.1, 0.15) is 24.0 Å². The monoisotopic (exact) mass is 256 g/mol. The van der Waals surface area contributed by atoms with E-state index in [1.807, 2.05) is 0 Å². The standard InChI is InChI=1S/C16H20N2O/c17-11-16(18-7-8-19)14-5-6-15(16)10-13-4-2-1-3-12(13)9-14/h1-4,14-15,18-19H,5-10H2. The van der Waals surface area contributed by atoms with Crippen molar-refractivity contribution in [2.24, 2.45) is 11.8 Å². The first-order valence-corrected chi connectivity index (χ1v) is 7.14.